The Bertz CT molecular complexity index is 1390. The molecule has 2 aromatic rings. The summed E-state index contributed by atoms with van der Waals surface area (Å²) in [6.45, 7) is 6.70. The second-order valence-corrected chi connectivity index (χ2v) is 12.2. The zero-order valence-electron chi connectivity index (χ0n) is 20.3. The van der Waals surface area contributed by atoms with Gasteiger partial charge in [0.1, 0.15) is 22.6 Å². The van der Waals surface area contributed by atoms with E-state index in [1.165, 1.54) is 36.5 Å². The van der Waals surface area contributed by atoms with Crippen LogP contribution in [-0.4, -0.2) is 55.3 Å². The summed E-state index contributed by atoms with van der Waals surface area (Å²) in [7, 11) is -4.09. The standard InChI is InChI=1S/C25H28F2N5O3S/c1-25(2,3)9-8-17-12-29-23(31-30-17)18-10-21-22(11-19(18)27)36(34,35)14-20(28)24(33)32(21)13-15-4-6-16(26)7-5-15/h4-7,10-11,13,17,20H,8-9,12,14,28H2,1-3H3/q+1/t17?,20-/m0/s1. The zero-order chi connectivity index (χ0) is 26.3. The Kier molecular flexibility index (Phi) is 6.98. The molecule has 8 nitrogen and oxygen atoms in total. The zero-order valence-corrected chi connectivity index (χ0v) is 21.1. The fourth-order valence-electron chi connectivity index (χ4n) is 3.96. The lowest BCUT2D eigenvalue weighted by Crippen LogP contribution is -2.40. The van der Waals surface area contributed by atoms with Gasteiger partial charge in [0.15, 0.2) is 21.9 Å². The van der Waals surface area contributed by atoms with Gasteiger partial charge in [0.25, 0.3) is 0 Å². The molecular weight excluding hydrogens is 488 g/mol. The molecule has 0 saturated heterocycles. The first-order valence-corrected chi connectivity index (χ1v) is 13.2. The summed E-state index contributed by atoms with van der Waals surface area (Å²) in [5, 5.41) is 8.39. The summed E-state index contributed by atoms with van der Waals surface area (Å²) in [6, 6.07) is 5.85. The number of halogens is 2. The summed E-state index contributed by atoms with van der Waals surface area (Å²) in [5.41, 5.74) is 6.28. The number of azo groups is 1. The first kappa shape index (κ1) is 25.9. The summed E-state index contributed by atoms with van der Waals surface area (Å²) >= 11 is 0. The average molecular weight is 517 g/mol. The lowest BCUT2D eigenvalue weighted by molar-refractivity contribution is -0.365. The molecule has 0 radical (unpaired) electrons. The fraction of sp³-hybridized carbons (Fsp3) is 0.400. The highest BCUT2D eigenvalue weighted by Crippen LogP contribution is 2.33. The third-order valence-corrected chi connectivity index (χ3v) is 7.78. The van der Waals surface area contributed by atoms with E-state index in [1.54, 1.807) is 0 Å². The van der Waals surface area contributed by atoms with Crippen LogP contribution in [0.4, 0.5) is 14.5 Å². The van der Waals surface area contributed by atoms with Gasteiger partial charge in [0.05, 0.1) is 23.9 Å². The Morgan fingerprint density at radius 1 is 1.17 bits per heavy atom. The Morgan fingerprint density at radius 2 is 1.86 bits per heavy atom. The van der Waals surface area contributed by atoms with Crippen LogP contribution in [0.25, 0.3) is 0 Å². The Morgan fingerprint density at radius 3 is 2.47 bits per heavy atom. The normalized spacial score (nSPS) is 22.8. The maximum atomic E-state index is 15.2. The quantitative estimate of drug-likeness (QED) is 0.623. The molecule has 2 aliphatic heterocycles. The largest absolute Gasteiger partial charge is 0.410 e. The van der Waals surface area contributed by atoms with E-state index in [0.717, 1.165) is 23.5 Å². The molecule has 0 fully saturated rings. The molecule has 0 aromatic heterocycles. The molecule has 2 aromatic carbocycles. The second-order valence-electron chi connectivity index (χ2n) is 10.2. The highest BCUT2D eigenvalue weighted by atomic mass is 32.2. The topological polar surface area (TPSA) is 117 Å². The number of hydrogen-bond donors (Lipinski definition) is 1. The van der Waals surface area contributed by atoms with Gasteiger partial charge in [-0.2, -0.15) is 5.11 Å². The maximum absolute atomic E-state index is 15.2. The monoisotopic (exact) mass is 516 g/mol. The van der Waals surface area contributed by atoms with Gasteiger partial charge in [-0.25, -0.2) is 22.0 Å². The van der Waals surface area contributed by atoms with Crippen LogP contribution in [0.5, 0.6) is 0 Å². The molecule has 2 atom stereocenters. The van der Waals surface area contributed by atoms with Gasteiger partial charge in [-0.05, 0) is 42.5 Å². The number of carbonyl (C=O) groups is 1. The Labute approximate surface area is 208 Å². The van der Waals surface area contributed by atoms with Crippen LogP contribution >= 0.6 is 0 Å². The molecule has 0 bridgehead atoms. The van der Waals surface area contributed by atoms with Crippen LogP contribution in [0.15, 0.2) is 56.5 Å². The Hall–Kier alpha value is -3.18. The minimum absolute atomic E-state index is 0.0161. The molecule has 1 unspecified atom stereocenters. The molecular formula is C25H28F2N5O3S+. The molecule has 4 rings (SSSR count). The number of amidine groups is 1. The molecule has 36 heavy (non-hydrogen) atoms. The maximum Gasteiger partial charge on any atom is 0.410 e. The van der Waals surface area contributed by atoms with Gasteiger partial charge < -0.3 is 5.73 Å². The SMILES string of the molecule is CC(C)(C)CCC1CN=C(c2cc3c(cc2F)S(=O)(=O)C[C@H](N)C(=O)[N+]3=Cc2ccc(F)cc2)N=N1. The van der Waals surface area contributed by atoms with E-state index >= 15 is 4.39 Å². The molecule has 2 aliphatic rings. The number of aliphatic imine (C=N–C) groups is 1. The number of sulfone groups is 1. The predicted octanol–water partition coefficient (Wildman–Crippen LogP) is 3.78. The summed E-state index contributed by atoms with van der Waals surface area (Å²) < 4.78 is 55.6. The predicted molar refractivity (Wildman–Crippen MR) is 132 cm³/mol. The summed E-state index contributed by atoms with van der Waals surface area (Å²) in [5.74, 6) is -2.69. The minimum Gasteiger partial charge on any atom is -0.315 e. The van der Waals surface area contributed by atoms with Crippen molar-refractivity contribution in [1.29, 1.82) is 0 Å². The molecule has 2 heterocycles. The van der Waals surface area contributed by atoms with Gasteiger partial charge >= 0.3 is 5.91 Å². The van der Waals surface area contributed by atoms with Crippen LogP contribution in [0.1, 0.15) is 44.7 Å². The first-order chi connectivity index (χ1) is 16.8. The molecule has 2 N–H and O–H groups in total. The number of hydrogen-bond acceptors (Lipinski definition) is 7. The van der Waals surface area contributed by atoms with E-state index in [0.29, 0.717) is 12.1 Å². The van der Waals surface area contributed by atoms with E-state index < -0.39 is 39.2 Å². The number of amides is 1. The van der Waals surface area contributed by atoms with Gasteiger partial charge in [0, 0.05) is 17.7 Å². The van der Waals surface area contributed by atoms with Crippen LogP contribution in [-0.2, 0) is 14.6 Å². The van der Waals surface area contributed by atoms with E-state index in [-0.39, 0.29) is 33.4 Å². The van der Waals surface area contributed by atoms with Crippen LogP contribution < -0.4 is 5.73 Å². The van der Waals surface area contributed by atoms with E-state index in [9.17, 15) is 17.6 Å². The van der Waals surface area contributed by atoms with Crippen LogP contribution in [0.3, 0.4) is 0 Å². The number of rotatable bonds is 4. The van der Waals surface area contributed by atoms with Gasteiger partial charge in [-0.3, -0.25) is 4.99 Å². The molecule has 0 spiro atoms. The van der Waals surface area contributed by atoms with Crippen molar-refractivity contribution in [3.63, 3.8) is 0 Å². The third kappa shape index (κ3) is 5.62. The number of nitrogens with zero attached hydrogens (tertiary/aromatic N) is 4. The molecule has 11 heteroatoms. The van der Waals surface area contributed by atoms with Crippen molar-refractivity contribution in [2.24, 2.45) is 26.4 Å². The van der Waals surface area contributed by atoms with Crippen molar-refractivity contribution in [1.82, 2.24) is 0 Å². The van der Waals surface area contributed by atoms with E-state index in [1.807, 2.05) is 0 Å². The van der Waals surface area contributed by atoms with E-state index in [4.69, 9.17) is 5.73 Å². The van der Waals surface area contributed by atoms with Crippen molar-refractivity contribution in [2.45, 2.75) is 50.6 Å². The molecule has 1 amide bonds. The van der Waals surface area contributed by atoms with Gasteiger partial charge in [-0.15, -0.1) is 9.69 Å². The lowest BCUT2D eigenvalue weighted by atomic mass is 9.89. The fourth-order valence-corrected chi connectivity index (χ4v) is 5.52. The van der Waals surface area contributed by atoms with Gasteiger partial charge in [0.2, 0.25) is 5.69 Å². The van der Waals surface area contributed by atoms with Crippen molar-refractivity contribution in [3.8, 4) is 0 Å². The van der Waals surface area contributed by atoms with Crippen molar-refractivity contribution >= 4 is 33.5 Å². The lowest BCUT2D eigenvalue weighted by Gasteiger charge is -2.21. The van der Waals surface area contributed by atoms with Crippen LogP contribution in [0, 0.1) is 17.0 Å². The number of fused-ring (bicyclic) bond motifs is 1. The summed E-state index contributed by atoms with van der Waals surface area (Å²) in [6.07, 6.45) is 3.04. The second kappa shape index (κ2) is 9.70. The first-order valence-electron chi connectivity index (χ1n) is 11.6. The molecule has 190 valence electrons. The third-order valence-electron chi connectivity index (χ3n) is 5.98. The Balaban J connectivity index is 1.78. The van der Waals surface area contributed by atoms with Crippen molar-refractivity contribution in [2.75, 3.05) is 12.3 Å². The number of nitrogens with two attached hydrogens (primary N) is 1. The van der Waals surface area contributed by atoms with Crippen LogP contribution in [0.2, 0.25) is 0 Å². The highest BCUT2D eigenvalue weighted by molar-refractivity contribution is 7.91. The van der Waals surface area contributed by atoms with Crippen molar-refractivity contribution < 1.29 is 26.6 Å². The average Bonchev–Trinajstić information content (AvgIpc) is 2.87. The minimum atomic E-state index is -4.09. The number of benzene rings is 2. The molecule has 0 saturated carbocycles. The number of carbonyl (C=O) groups excluding carboxylic acids is 1. The van der Waals surface area contributed by atoms with Gasteiger partial charge in [-0.1, -0.05) is 20.8 Å². The van der Waals surface area contributed by atoms with Crippen molar-refractivity contribution in [3.05, 3.63) is 59.2 Å². The van der Waals surface area contributed by atoms with E-state index in [2.05, 4.69) is 36.0 Å². The smallest absolute Gasteiger partial charge is 0.315 e. The molecule has 0 aliphatic carbocycles. The highest BCUT2D eigenvalue weighted by Gasteiger charge is 2.42. The summed E-state index contributed by atoms with van der Waals surface area (Å²) in [4.78, 5) is 17.1.